The SMILES string of the molecule is CCC(=O)N[C@H](CCCN=C(N)N)C(=O)C[C@H](CCCN=C(N)N)C(=O)N[C@H](CCCN=C(N)N)C(=O)C[C@H](CCCN=C(N)N)C(=O)N[C@H](CCCN=C(N)N)C(=O)C[C@H](CCCN=C(N)N)C(=O)N[C@H](CCCN=C(N)N)C(=O)C[C@H](CCCN=C(N)N)C(=O)N[C@H](CCCN=C(N)N)C(=O)C[C@H](CS)C(N)=O. The number of nitrogens with zero attached hydrogens (tertiary/aromatic N) is 9. The van der Waals surface area contributed by atoms with Crippen molar-refractivity contribution in [2.45, 2.75) is 191 Å². The van der Waals surface area contributed by atoms with Crippen LogP contribution in [0.15, 0.2) is 44.9 Å². The number of Topliss-reactive ketones (excluding diaryl/α,β-unsaturated/α-hetero) is 5. The van der Waals surface area contributed by atoms with E-state index in [1.54, 1.807) is 6.92 Å². The van der Waals surface area contributed by atoms with Crippen LogP contribution in [0.25, 0.3) is 0 Å². The lowest BCUT2D eigenvalue weighted by atomic mass is 9.88. The van der Waals surface area contributed by atoms with E-state index in [0.717, 1.165) is 0 Å². The number of carbonyl (C=O) groups excluding carboxylic acids is 11. The normalized spacial score (nSPS) is 13.5. The first-order valence-electron chi connectivity index (χ1n) is 36.4. The molecule has 0 aromatic rings. The van der Waals surface area contributed by atoms with Crippen molar-refractivity contribution in [1.82, 2.24) is 26.6 Å². The molecule has 6 amide bonds. The fraction of sp³-hybridized carbons (Fsp3) is 0.692. The number of ketones is 5. The molecule has 44 nitrogen and oxygen atoms in total. The number of carbonyl (C=O) groups is 11. The van der Waals surface area contributed by atoms with E-state index in [-0.39, 0.29) is 247 Å². The molecule has 0 aliphatic rings. The molecule has 0 aromatic heterocycles. The second-order valence-corrected chi connectivity index (χ2v) is 26.5. The maximum absolute atomic E-state index is 15.1. The Morgan fingerprint density at radius 2 is 0.418 bits per heavy atom. The van der Waals surface area contributed by atoms with Crippen molar-refractivity contribution in [2.75, 3.05) is 64.7 Å². The van der Waals surface area contributed by atoms with Crippen LogP contribution in [0.4, 0.5) is 0 Å². The third-order valence-electron chi connectivity index (χ3n) is 17.0. The molecule has 43 N–H and O–H groups in total. The molecule has 0 rings (SSSR count). The lowest BCUT2D eigenvalue weighted by Crippen LogP contribution is -2.49. The minimum absolute atomic E-state index is 0.00506. The molecule has 110 heavy (non-hydrogen) atoms. The van der Waals surface area contributed by atoms with E-state index < -0.39 is 150 Å². The van der Waals surface area contributed by atoms with Crippen LogP contribution in [0.2, 0.25) is 0 Å². The van der Waals surface area contributed by atoms with Crippen molar-refractivity contribution in [2.24, 2.45) is 183 Å². The zero-order chi connectivity index (χ0) is 83.3. The fourth-order valence-electron chi connectivity index (χ4n) is 11.2. The summed E-state index contributed by atoms with van der Waals surface area (Å²) in [6, 6.07) is -6.48. The van der Waals surface area contributed by atoms with Gasteiger partial charge in [-0.25, -0.2) is 0 Å². The van der Waals surface area contributed by atoms with Crippen molar-refractivity contribution >= 4 is 131 Å². The van der Waals surface area contributed by atoms with Crippen LogP contribution in [-0.2, 0) is 52.7 Å². The smallest absolute Gasteiger partial charge is 0.224 e. The Morgan fingerprint density at radius 3 is 0.573 bits per heavy atom. The Bertz CT molecular complexity index is 3200. The predicted molar refractivity (Wildman–Crippen MR) is 428 cm³/mol. The van der Waals surface area contributed by atoms with Gasteiger partial charge in [0.15, 0.2) is 82.6 Å². The molecule has 0 heterocycles. The highest BCUT2D eigenvalue weighted by molar-refractivity contribution is 7.80. The molecule has 622 valence electrons. The molecule has 45 heteroatoms. The van der Waals surface area contributed by atoms with Gasteiger partial charge in [-0.3, -0.25) is 97.7 Å². The second-order valence-electron chi connectivity index (χ2n) is 26.2. The van der Waals surface area contributed by atoms with E-state index in [1.807, 2.05) is 0 Å². The first-order chi connectivity index (χ1) is 51.9. The molecule has 0 fully saturated rings. The summed E-state index contributed by atoms with van der Waals surface area (Å²) in [5.74, 6) is -15.8. The van der Waals surface area contributed by atoms with Crippen LogP contribution >= 0.6 is 12.6 Å². The molecule has 0 bridgehead atoms. The zero-order valence-electron chi connectivity index (χ0n) is 63.2. The summed E-state index contributed by atoms with van der Waals surface area (Å²) in [5.41, 5.74) is 106. The topological polar surface area (TPSA) is 854 Å². The molecule has 0 unspecified atom stereocenters. The van der Waals surface area contributed by atoms with Crippen LogP contribution in [-0.4, -0.2) is 213 Å². The van der Waals surface area contributed by atoms with Gasteiger partial charge in [0.25, 0.3) is 0 Å². The number of amides is 6. The summed E-state index contributed by atoms with van der Waals surface area (Å²) in [5, 5.41) is 13.8. The van der Waals surface area contributed by atoms with E-state index in [0.29, 0.717) is 0 Å². The lowest BCUT2D eigenvalue weighted by Gasteiger charge is -2.27. The van der Waals surface area contributed by atoms with Gasteiger partial charge in [0.05, 0.1) is 36.1 Å². The van der Waals surface area contributed by atoms with Crippen molar-refractivity contribution in [3.05, 3.63) is 0 Å². The number of aliphatic imine (C=N–C) groups is 9. The molecule has 0 aliphatic heterocycles. The van der Waals surface area contributed by atoms with E-state index in [1.165, 1.54) is 0 Å². The van der Waals surface area contributed by atoms with Crippen molar-refractivity contribution in [3.63, 3.8) is 0 Å². The van der Waals surface area contributed by atoms with Gasteiger partial charge in [-0.05, 0) is 116 Å². The summed E-state index contributed by atoms with van der Waals surface area (Å²) in [7, 11) is 0. The van der Waals surface area contributed by atoms with Gasteiger partial charge >= 0.3 is 0 Å². The van der Waals surface area contributed by atoms with Crippen LogP contribution < -0.4 is 136 Å². The maximum atomic E-state index is 15.1. The number of nitrogens with two attached hydrogens (primary N) is 19. The van der Waals surface area contributed by atoms with Gasteiger partial charge < -0.3 is 136 Å². The van der Waals surface area contributed by atoms with Crippen molar-refractivity contribution in [1.29, 1.82) is 0 Å². The Hall–Kier alpha value is -11.0. The lowest BCUT2D eigenvalue weighted by molar-refractivity contribution is -0.136. The van der Waals surface area contributed by atoms with E-state index in [4.69, 9.17) is 109 Å². The maximum Gasteiger partial charge on any atom is 0.224 e. The summed E-state index contributed by atoms with van der Waals surface area (Å²) >= 11 is 4.17. The highest BCUT2D eigenvalue weighted by atomic mass is 32.1. The number of nitrogens with one attached hydrogen (secondary N) is 5. The highest BCUT2D eigenvalue weighted by Crippen LogP contribution is 2.24. The monoisotopic (exact) mass is 1580 g/mol. The van der Waals surface area contributed by atoms with E-state index >= 15 is 14.4 Å². The van der Waals surface area contributed by atoms with E-state index in [9.17, 15) is 38.4 Å². The molecule has 0 spiro atoms. The molecule has 0 aliphatic carbocycles. The first-order valence-corrected chi connectivity index (χ1v) is 37.1. The second kappa shape index (κ2) is 57.1. The van der Waals surface area contributed by atoms with Gasteiger partial charge in [-0.15, -0.1) is 0 Å². The highest BCUT2D eigenvalue weighted by Gasteiger charge is 2.37. The number of hydrogen-bond donors (Lipinski definition) is 25. The largest absolute Gasteiger partial charge is 0.370 e. The Labute approximate surface area is 646 Å². The molecule has 0 aromatic carbocycles. The number of thiol groups is 1. The van der Waals surface area contributed by atoms with Gasteiger partial charge in [0.1, 0.15) is 0 Å². The average Bonchev–Trinajstić information content (AvgIpc) is 0.863. The zero-order valence-corrected chi connectivity index (χ0v) is 64.1. The predicted octanol–water partition coefficient (Wildman–Crippen LogP) is -8.41. The third-order valence-corrected chi connectivity index (χ3v) is 17.4. The summed E-state index contributed by atoms with van der Waals surface area (Å²) in [4.78, 5) is 193. The standard InChI is InChI=1S/C65H125N33O11S/c1-2-51(104)94-41(16-7-25-89-61(75)76)46(99)30-36(12-3-21-85-57(67)68)53(106)95-42(17-8-26-90-62(77)78)47(100)31-37(13-4-22-86-58(69)70)54(107)96-43(18-9-27-91-63(79)80)48(101)32-38(14-5-23-87-59(71)72)55(108)97-44(19-10-28-92-64(81)82)49(102)33-39(15-6-24-88-60(73)74)56(109)98-45(20-11-29-93-65(83)84)50(103)34-40(35-110)52(66)105/h36-45,110H,2-35H2,1H3,(H2,66,105)(H,94,104)(H,95,106)(H,96,107)(H,97,108)(H,98,109)(H4,67,68,85)(H4,69,70,86)(H4,71,72,87)(H4,73,74,88)(H4,75,76,89)(H4,77,78,90)(H4,79,80,91)(H4,81,82,92)(H4,83,84,93)/t36-,37-,38-,39-,40+,41+,42+,43+,44+,45+/m0/s1. The molecule has 0 saturated heterocycles. The van der Waals surface area contributed by atoms with Crippen LogP contribution in [0, 0.1) is 29.6 Å². The van der Waals surface area contributed by atoms with Crippen LogP contribution in [0.1, 0.15) is 161 Å². The number of primary amides is 1. The fourth-order valence-corrected chi connectivity index (χ4v) is 11.5. The average molecular weight is 1580 g/mol. The van der Waals surface area contributed by atoms with Gasteiger partial charge in [0, 0.05) is 127 Å². The van der Waals surface area contributed by atoms with Crippen LogP contribution in [0.3, 0.4) is 0 Å². The molecular formula is C65H125N33O11S. The van der Waals surface area contributed by atoms with Crippen LogP contribution in [0.5, 0.6) is 0 Å². The Morgan fingerprint density at radius 1 is 0.255 bits per heavy atom. The third kappa shape index (κ3) is 48.3. The van der Waals surface area contributed by atoms with Crippen molar-refractivity contribution < 1.29 is 52.7 Å². The van der Waals surface area contributed by atoms with E-state index in [2.05, 4.69) is 84.1 Å². The summed E-state index contributed by atoms with van der Waals surface area (Å²) in [6.45, 7) is 1.73. The van der Waals surface area contributed by atoms with Gasteiger partial charge in [0.2, 0.25) is 35.4 Å². The number of rotatable bonds is 63. The van der Waals surface area contributed by atoms with Gasteiger partial charge in [-0.1, -0.05) is 6.92 Å². The Balaban J connectivity index is 8.06. The summed E-state index contributed by atoms with van der Waals surface area (Å²) < 4.78 is 0. The minimum atomic E-state index is -1.43. The minimum Gasteiger partial charge on any atom is -0.370 e. The summed E-state index contributed by atoms with van der Waals surface area (Å²) in [6.07, 6.45) is -1.77. The molecule has 0 radical (unpaired) electrons. The number of hydrogen-bond acceptors (Lipinski definition) is 21. The molecule has 0 saturated carbocycles. The quantitative estimate of drug-likeness (QED) is 0.0116. The van der Waals surface area contributed by atoms with Crippen molar-refractivity contribution in [3.8, 4) is 0 Å². The molecule has 10 atom stereocenters. The Kier molecular flexibility index (Phi) is 51.4. The molecular weight excluding hydrogens is 1450 g/mol. The number of guanidine groups is 9. The first kappa shape index (κ1) is 98.9. The van der Waals surface area contributed by atoms with Gasteiger partial charge in [-0.2, -0.15) is 12.6 Å².